The molecule has 4 rings (SSSR count). The van der Waals surface area contributed by atoms with E-state index in [1.165, 1.54) is 0 Å². The predicted octanol–water partition coefficient (Wildman–Crippen LogP) is 1.65. The third-order valence-electron chi connectivity index (χ3n) is 4.66. The van der Waals surface area contributed by atoms with Crippen molar-refractivity contribution < 1.29 is 4.79 Å². The smallest absolute Gasteiger partial charge is 0.289 e. The lowest BCUT2D eigenvalue weighted by atomic mass is 10.1. The van der Waals surface area contributed by atoms with Crippen LogP contribution in [0, 0.1) is 0 Å². The Morgan fingerprint density at radius 2 is 1.88 bits per heavy atom. The number of nitrogens with one attached hydrogen (secondary N) is 1. The van der Waals surface area contributed by atoms with Crippen molar-refractivity contribution in [2.45, 2.75) is 32.2 Å². The highest BCUT2D eigenvalue weighted by atomic mass is 16.2. The standard InChI is InChI=1S/C18H21N7O/c1-12(2)13-9-21-15(22-10-13)18(26)23-14-3-6-25(11-14)17-16-19-4-7-24(16)8-5-20-17/h4-5,7-10,12,14H,3,6,11H2,1-2H3,(H,23,26)/t14-/m0/s1. The minimum Gasteiger partial charge on any atom is -0.351 e. The lowest BCUT2D eigenvalue weighted by Crippen LogP contribution is -2.38. The number of rotatable bonds is 4. The molecule has 1 aliphatic heterocycles. The molecule has 1 atom stereocenters. The van der Waals surface area contributed by atoms with Gasteiger partial charge in [0.05, 0.1) is 0 Å². The zero-order valence-corrected chi connectivity index (χ0v) is 14.8. The van der Waals surface area contributed by atoms with Gasteiger partial charge in [0.1, 0.15) is 0 Å². The highest BCUT2D eigenvalue weighted by Crippen LogP contribution is 2.22. The molecular weight excluding hydrogens is 330 g/mol. The summed E-state index contributed by atoms with van der Waals surface area (Å²) in [6.07, 6.45) is 11.6. The van der Waals surface area contributed by atoms with Gasteiger partial charge < -0.3 is 14.6 Å². The van der Waals surface area contributed by atoms with E-state index in [1.807, 2.05) is 16.8 Å². The van der Waals surface area contributed by atoms with Crippen molar-refractivity contribution in [3.8, 4) is 0 Å². The molecule has 3 aromatic heterocycles. The number of nitrogens with zero attached hydrogens (tertiary/aromatic N) is 6. The fraction of sp³-hybridized carbons (Fsp3) is 0.389. The van der Waals surface area contributed by atoms with E-state index in [0.29, 0.717) is 12.5 Å². The van der Waals surface area contributed by atoms with E-state index >= 15 is 0 Å². The van der Waals surface area contributed by atoms with Crippen LogP contribution in [0.3, 0.4) is 0 Å². The molecule has 8 heteroatoms. The topological polar surface area (TPSA) is 88.3 Å². The number of amides is 1. The summed E-state index contributed by atoms with van der Waals surface area (Å²) >= 11 is 0. The summed E-state index contributed by atoms with van der Waals surface area (Å²) in [5.41, 5.74) is 1.85. The average molecular weight is 351 g/mol. The Kier molecular flexibility index (Phi) is 4.24. The fourth-order valence-corrected chi connectivity index (χ4v) is 3.14. The minimum atomic E-state index is -0.237. The minimum absolute atomic E-state index is 0.0351. The molecule has 1 saturated heterocycles. The van der Waals surface area contributed by atoms with Crippen LogP contribution in [0.25, 0.3) is 5.65 Å². The zero-order chi connectivity index (χ0) is 18.1. The first-order valence-corrected chi connectivity index (χ1v) is 8.77. The zero-order valence-electron chi connectivity index (χ0n) is 14.8. The first-order valence-electron chi connectivity index (χ1n) is 8.77. The van der Waals surface area contributed by atoms with Crippen molar-refractivity contribution in [3.63, 3.8) is 0 Å². The summed E-state index contributed by atoms with van der Waals surface area (Å²) in [6, 6.07) is 0.0351. The van der Waals surface area contributed by atoms with Gasteiger partial charge >= 0.3 is 0 Å². The van der Waals surface area contributed by atoms with Crippen LogP contribution >= 0.6 is 0 Å². The molecule has 26 heavy (non-hydrogen) atoms. The molecule has 8 nitrogen and oxygen atoms in total. The van der Waals surface area contributed by atoms with Crippen molar-refractivity contribution in [1.29, 1.82) is 0 Å². The Morgan fingerprint density at radius 3 is 2.62 bits per heavy atom. The van der Waals surface area contributed by atoms with Crippen LogP contribution in [-0.4, -0.2) is 49.4 Å². The third kappa shape index (κ3) is 3.10. The fourth-order valence-electron chi connectivity index (χ4n) is 3.14. The summed E-state index contributed by atoms with van der Waals surface area (Å²) in [5.74, 6) is 1.15. The van der Waals surface area contributed by atoms with Crippen LogP contribution < -0.4 is 10.2 Å². The summed E-state index contributed by atoms with van der Waals surface area (Å²) in [6.45, 7) is 5.65. The first kappa shape index (κ1) is 16.4. The van der Waals surface area contributed by atoms with Crippen LogP contribution in [0.2, 0.25) is 0 Å². The number of hydrogen-bond acceptors (Lipinski definition) is 6. The quantitative estimate of drug-likeness (QED) is 0.769. The maximum Gasteiger partial charge on any atom is 0.289 e. The second kappa shape index (κ2) is 6.70. The van der Waals surface area contributed by atoms with Crippen molar-refractivity contribution in [1.82, 2.24) is 29.7 Å². The molecule has 0 radical (unpaired) electrons. The number of hydrogen-bond donors (Lipinski definition) is 1. The second-order valence-electron chi connectivity index (χ2n) is 6.81. The number of carbonyl (C=O) groups excluding carboxylic acids is 1. The molecule has 1 fully saturated rings. The predicted molar refractivity (Wildman–Crippen MR) is 97.2 cm³/mol. The summed E-state index contributed by atoms with van der Waals surface area (Å²) in [7, 11) is 0. The number of imidazole rings is 1. The van der Waals surface area contributed by atoms with Gasteiger partial charge in [-0.1, -0.05) is 13.8 Å². The highest BCUT2D eigenvalue weighted by molar-refractivity contribution is 5.90. The molecule has 3 aromatic rings. The van der Waals surface area contributed by atoms with Gasteiger partial charge in [0.2, 0.25) is 5.82 Å². The molecule has 1 amide bonds. The van der Waals surface area contributed by atoms with Crippen molar-refractivity contribution >= 4 is 17.4 Å². The van der Waals surface area contributed by atoms with Gasteiger partial charge in [0.15, 0.2) is 11.5 Å². The Hall–Kier alpha value is -3.03. The number of carbonyl (C=O) groups is 1. The molecule has 4 heterocycles. The van der Waals surface area contributed by atoms with Gasteiger partial charge in [0.25, 0.3) is 5.91 Å². The molecule has 0 saturated carbocycles. The van der Waals surface area contributed by atoms with Crippen molar-refractivity contribution in [2.24, 2.45) is 0 Å². The summed E-state index contributed by atoms with van der Waals surface area (Å²) < 4.78 is 1.94. The lowest BCUT2D eigenvalue weighted by Gasteiger charge is -2.18. The van der Waals surface area contributed by atoms with Gasteiger partial charge in [-0.05, 0) is 17.9 Å². The van der Waals surface area contributed by atoms with E-state index in [9.17, 15) is 4.79 Å². The number of aromatic nitrogens is 5. The van der Waals surface area contributed by atoms with Crippen LogP contribution in [0.1, 0.15) is 42.4 Å². The molecule has 1 aliphatic rings. The second-order valence-corrected chi connectivity index (χ2v) is 6.81. The molecule has 0 aromatic carbocycles. The SMILES string of the molecule is CC(C)c1cnc(C(=O)N[C@H]2CCN(c3nccn4ccnc34)C2)nc1. The first-order chi connectivity index (χ1) is 12.6. The summed E-state index contributed by atoms with van der Waals surface area (Å²) in [5, 5.41) is 3.02. The van der Waals surface area contributed by atoms with Gasteiger partial charge in [-0.2, -0.15) is 0 Å². The number of fused-ring (bicyclic) bond motifs is 1. The molecule has 0 unspecified atom stereocenters. The maximum atomic E-state index is 12.4. The molecule has 0 bridgehead atoms. The van der Waals surface area contributed by atoms with E-state index in [2.05, 4.69) is 44.0 Å². The van der Waals surface area contributed by atoms with Crippen molar-refractivity contribution in [2.75, 3.05) is 18.0 Å². The van der Waals surface area contributed by atoms with E-state index in [1.54, 1.807) is 24.8 Å². The molecular formula is C18H21N7O. The molecule has 1 N–H and O–H groups in total. The summed E-state index contributed by atoms with van der Waals surface area (Å²) in [4.78, 5) is 31.8. The Labute approximate surface area is 151 Å². The van der Waals surface area contributed by atoms with Gasteiger partial charge in [0, 0.05) is 56.3 Å². The Balaban J connectivity index is 1.42. The van der Waals surface area contributed by atoms with Gasteiger partial charge in [-0.3, -0.25) is 4.79 Å². The van der Waals surface area contributed by atoms with E-state index in [-0.39, 0.29) is 17.8 Å². The van der Waals surface area contributed by atoms with E-state index in [4.69, 9.17) is 0 Å². The largest absolute Gasteiger partial charge is 0.351 e. The van der Waals surface area contributed by atoms with E-state index < -0.39 is 0 Å². The van der Waals surface area contributed by atoms with Crippen LogP contribution in [0.4, 0.5) is 5.82 Å². The normalized spacial score (nSPS) is 17.2. The average Bonchev–Trinajstić information content (AvgIpc) is 3.30. The monoisotopic (exact) mass is 351 g/mol. The Morgan fingerprint density at radius 1 is 1.15 bits per heavy atom. The maximum absolute atomic E-state index is 12.4. The van der Waals surface area contributed by atoms with Crippen LogP contribution in [0.15, 0.2) is 37.2 Å². The Bertz CT molecular complexity index is 919. The third-order valence-corrected chi connectivity index (χ3v) is 4.66. The van der Waals surface area contributed by atoms with E-state index in [0.717, 1.165) is 30.0 Å². The van der Waals surface area contributed by atoms with Crippen LogP contribution in [0.5, 0.6) is 0 Å². The molecule has 134 valence electrons. The van der Waals surface area contributed by atoms with Gasteiger partial charge in [-0.15, -0.1) is 0 Å². The lowest BCUT2D eigenvalue weighted by molar-refractivity contribution is 0.0929. The number of anilines is 1. The van der Waals surface area contributed by atoms with Crippen molar-refractivity contribution in [3.05, 3.63) is 48.6 Å². The highest BCUT2D eigenvalue weighted by Gasteiger charge is 2.27. The van der Waals surface area contributed by atoms with Gasteiger partial charge in [-0.25, -0.2) is 19.9 Å². The van der Waals surface area contributed by atoms with Crippen LogP contribution in [-0.2, 0) is 0 Å². The molecule has 0 aliphatic carbocycles. The molecule has 0 spiro atoms.